The van der Waals surface area contributed by atoms with Crippen molar-refractivity contribution in [3.63, 3.8) is 0 Å². The number of fused-ring (bicyclic) bond motifs is 1. The Morgan fingerprint density at radius 3 is 2.88 bits per heavy atom. The van der Waals surface area contributed by atoms with Gasteiger partial charge in [-0.3, -0.25) is 9.20 Å². The van der Waals surface area contributed by atoms with Gasteiger partial charge in [0.2, 0.25) is 0 Å². The van der Waals surface area contributed by atoms with E-state index in [0.717, 1.165) is 5.56 Å². The van der Waals surface area contributed by atoms with Gasteiger partial charge in [-0.15, -0.1) is 0 Å². The Morgan fingerprint density at radius 2 is 2.12 bits per heavy atom. The number of aryl methyl sites for hydroxylation is 1. The van der Waals surface area contributed by atoms with Gasteiger partial charge in [-0.1, -0.05) is 22.0 Å². The Kier molecular flexibility index (Phi) is 4.44. The van der Waals surface area contributed by atoms with Gasteiger partial charge in [0.15, 0.2) is 0 Å². The molecule has 0 saturated carbocycles. The molecule has 7 heteroatoms. The highest BCUT2D eigenvalue weighted by Gasteiger charge is 2.14. The first kappa shape index (κ1) is 16.3. The number of carbonyl (C=O) groups is 1. The third-order valence-corrected chi connectivity index (χ3v) is 3.93. The van der Waals surface area contributed by atoms with Crippen LogP contribution in [0.15, 0.2) is 51.9 Å². The van der Waals surface area contributed by atoms with Gasteiger partial charge < -0.3 is 4.74 Å². The lowest BCUT2D eigenvalue weighted by molar-refractivity contribution is 0.0462. The van der Waals surface area contributed by atoms with Gasteiger partial charge in [-0.25, -0.2) is 14.2 Å². The summed E-state index contributed by atoms with van der Waals surface area (Å²) < 4.78 is 20.8. The summed E-state index contributed by atoms with van der Waals surface area (Å²) in [6.45, 7) is 1.61. The summed E-state index contributed by atoms with van der Waals surface area (Å²) in [6.07, 6.45) is 1.62. The Morgan fingerprint density at radius 1 is 1.33 bits per heavy atom. The fourth-order valence-corrected chi connectivity index (χ4v) is 2.59. The van der Waals surface area contributed by atoms with E-state index < -0.39 is 11.8 Å². The molecule has 3 aromatic rings. The molecule has 5 nitrogen and oxygen atoms in total. The van der Waals surface area contributed by atoms with Crippen molar-refractivity contribution in [1.29, 1.82) is 0 Å². The maximum absolute atomic E-state index is 13.8. The molecule has 0 N–H and O–H groups in total. The summed E-state index contributed by atoms with van der Waals surface area (Å²) in [5, 5.41) is 0. The predicted molar refractivity (Wildman–Crippen MR) is 89.4 cm³/mol. The van der Waals surface area contributed by atoms with Gasteiger partial charge in [0.25, 0.3) is 5.56 Å². The number of hydrogen-bond donors (Lipinski definition) is 0. The Hall–Kier alpha value is -2.54. The van der Waals surface area contributed by atoms with Crippen LogP contribution in [0, 0.1) is 12.7 Å². The second-order valence-electron chi connectivity index (χ2n) is 5.17. The molecule has 0 aliphatic carbocycles. The van der Waals surface area contributed by atoms with E-state index in [1.54, 1.807) is 18.3 Å². The monoisotopic (exact) mass is 390 g/mol. The molecule has 0 saturated heterocycles. The SMILES string of the molecule is Cc1cccn2c(=O)cc(COC(=O)c3ccc(Br)cc3F)nc12. The number of ether oxygens (including phenoxy) is 1. The van der Waals surface area contributed by atoms with Crippen molar-refractivity contribution >= 4 is 27.5 Å². The lowest BCUT2D eigenvalue weighted by Gasteiger charge is -2.08. The molecule has 0 unspecified atom stereocenters. The molecule has 0 bridgehead atoms. The van der Waals surface area contributed by atoms with Crippen LogP contribution in [0.4, 0.5) is 4.39 Å². The smallest absolute Gasteiger partial charge is 0.341 e. The van der Waals surface area contributed by atoms with Gasteiger partial charge in [0, 0.05) is 16.7 Å². The third kappa shape index (κ3) is 3.21. The number of aromatic nitrogens is 2. The number of rotatable bonds is 3. The van der Waals surface area contributed by atoms with Crippen LogP contribution in [-0.2, 0) is 11.3 Å². The van der Waals surface area contributed by atoms with E-state index in [1.807, 2.05) is 13.0 Å². The molecule has 2 aromatic heterocycles. The fourth-order valence-electron chi connectivity index (χ4n) is 2.26. The van der Waals surface area contributed by atoms with Crippen LogP contribution >= 0.6 is 15.9 Å². The zero-order chi connectivity index (χ0) is 17.3. The van der Waals surface area contributed by atoms with Gasteiger partial charge in [0.1, 0.15) is 18.1 Å². The molecule has 2 heterocycles. The van der Waals surface area contributed by atoms with Gasteiger partial charge in [-0.05, 0) is 36.8 Å². The Bertz CT molecular complexity index is 1000. The fraction of sp³-hybridized carbons (Fsp3) is 0.118. The van der Waals surface area contributed by atoms with E-state index in [4.69, 9.17) is 4.74 Å². The molecule has 1 aromatic carbocycles. The van der Waals surface area contributed by atoms with Crippen LogP contribution < -0.4 is 5.56 Å². The van der Waals surface area contributed by atoms with Crippen molar-refractivity contribution in [2.45, 2.75) is 13.5 Å². The van der Waals surface area contributed by atoms with Crippen LogP contribution in [0.5, 0.6) is 0 Å². The minimum atomic E-state index is -0.813. The molecule has 0 spiro atoms. The Labute approximate surface area is 144 Å². The number of nitrogens with zero attached hydrogens (tertiary/aromatic N) is 2. The minimum absolute atomic E-state index is 0.174. The predicted octanol–water partition coefficient (Wildman–Crippen LogP) is 3.26. The highest BCUT2D eigenvalue weighted by molar-refractivity contribution is 9.10. The van der Waals surface area contributed by atoms with Crippen molar-refractivity contribution in [3.05, 3.63) is 80.1 Å². The van der Waals surface area contributed by atoms with Crippen LogP contribution in [0.3, 0.4) is 0 Å². The van der Waals surface area contributed by atoms with Crippen molar-refractivity contribution in [3.8, 4) is 0 Å². The van der Waals surface area contributed by atoms with Crippen molar-refractivity contribution in [2.75, 3.05) is 0 Å². The summed E-state index contributed by atoms with van der Waals surface area (Å²) in [7, 11) is 0. The molecular formula is C17H12BrFN2O3. The van der Waals surface area contributed by atoms with E-state index in [2.05, 4.69) is 20.9 Å². The first-order valence-electron chi connectivity index (χ1n) is 7.06. The zero-order valence-corrected chi connectivity index (χ0v) is 14.2. The zero-order valence-electron chi connectivity index (χ0n) is 12.6. The molecule has 3 rings (SSSR count). The molecular weight excluding hydrogens is 379 g/mol. The number of pyridine rings is 1. The molecule has 122 valence electrons. The molecule has 0 amide bonds. The van der Waals surface area contributed by atoms with Crippen molar-refractivity contribution in [1.82, 2.24) is 9.38 Å². The maximum atomic E-state index is 13.8. The van der Waals surface area contributed by atoms with E-state index in [9.17, 15) is 14.0 Å². The lowest BCUT2D eigenvalue weighted by atomic mass is 10.2. The number of halogens is 2. The second kappa shape index (κ2) is 6.52. The molecule has 0 aliphatic rings. The summed E-state index contributed by atoms with van der Waals surface area (Å²) in [4.78, 5) is 28.4. The van der Waals surface area contributed by atoms with Crippen molar-refractivity contribution in [2.24, 2.45) is 0 Å². The number of carbonyl (C=O) groups excluding carboxylic acids is 1. The summed E-state index contributed by atoms with van der Waals surface area (Å²) in [5.41, 5.74) is 1.17. The number of hydrogen-bond acceptors (Lipinski definition) is 4. The first-order valence-corrected chi connectivity index (χ1v) is 7.85. The van der Waals surface area contributed by atoms with Crippen molar-refractivity contribution < 1.29 is 13.9 Å². The van der Waals surface area contributed by atoms with Gasteiger partial charge in [0.05, 0.1) is 11.3 Å². The van der Waals surface area contributed by atoms with E-state index in [1.165, 1.54) is 22.6 Å². The largest absolute Gasteiger partial charge is 0.455 e. The molecule has 0 radical (unpaired) electrons. The summed E-state index contributed by atoms with van der Waals surface area (Å²) >= 11 is 3.12. The van der Waals surface area contributed by atoms with E-state index in [0.29, 0.717) is 15.8 Å². The minimum Gasteiger partial charge on any atom is -0.455 e. The summed E-state index contributed by atoms with van der Waals surface area (Å²) in [5.74, 6) is -1.50. The standard InChI is InChI=1S/C17H12BrFN2O3/c1-10-3-2-6-21-15(22)8-12(20-16(10)21)9-24-17(23)13-5-4-11(18)7-14(13)19/h2-8H,9H2,1H3. The average Bonchev–Trinajstić information content (AvgIpc) is 2.53. The van der Waals surface area contributed by atoms with Gasteiger partial charge in [-0.2, -0.15) is 0 Å². The molecule has 0 atom stereocenters. The maximum Gasteiger partial charge on any atom is 0.341 e. The normalized spacial score (nSPS) is 10.8. The van der Waals surface area contributed by atoms with Crippen LogP contribution in [-0.4, -0.2) is 15.4 Å². The molecule has 24 heavy (non-hydrogen) atoms. The highest BCUT2D eigenvalue weighted by Crippen LogP contribution is 2.16. The van der Waals surface area contributed by atoms with Gasteiger partial charge >= 0.3 is 5.97 Å². The molecule has 0 fully saturated rings. The number of benzene rings is 1. The summed E-state index contributed by atoms with van der Waals surface area (Å²) in [6, 6.07) is 8.92. The quantitative estimate of drug-likeness (QED) is 0.644. The first-order chi connectivity index (χ1) is 11.5. The Balaban J connectivity index is 1.84. The van der Waals surface area contributed by atoms with Crippen LogP contribution in [0.2, 0.25) is 0 Å². The third-order valence-electron chi connectivity index (χ3n) is 3.44. The average molecular weight is 391 g/mol. The number of esters is 1. The highest BCUT2D eigenvalue weighted by atomic mass is 79.9. The van der Waals surface area contributed by atoms with E-state index in [-0.39, 0.29) is 17.7 Å². The van der Waals surface area contributed by atoms with Crippen LogP contribution in [0.25, 0.3) is 5.65 Å². The van der Waals surface area contributed by atoms with E-state index >= 15 is 0 Å². The lowest BCUT2D eigenvalue weighted by Crippen LogP contribution is -2.17. The second-order valence-corrected chi connectivity index (χ2v) is 6.09. The molecule has 0 aliphatic heterocycles. The topological polar surface area (TPSA) is 60.7 Å². The van der Waals surface area contributed by atoms with Crippen LogP contribution in [0.1, 0.15) is 21.6 Å².